The second kappa shape index (κ2) is 11.3. The molecule has 3 N–H and O–H groups in total. The SMILES string of the molecule is B[C@]1(Cl)[C@H](O)[C@@H](COP(=O)(N[C@@H](C)C(=O)OCC)Oc2cccc(F)c2)O[C@H]1n1ccc(=O)[nH]c1=O. The third-order valence-corrected chi connectivity index (χ3v) is 7.30. The molecule has 36 heavy (non-hydrogen) atoms. The van der Waals surface area contributed by atoms with Gasteiger partial charge in [0.15, 0.2) is 6.23 Å². The van der Waals surface area contributed by atoms with E-state index >= 15 is 0 Å². The number of H-pyrrole nitrogens is 1. The molecule has 6 atom stereocenters. The topological polar surface area (TPSA) is 158 Å². The first-order chi connectivity index (χ1) is 16.9. The van der Waals surface area contributed by atoms with E-state index in [1.807, 2.05) is 0 Å². The Balaban J connectivity index is 1.82. The minimum atomic E-state index is -4.39. The average molecular weight is 548 g/mol. The van der Waals surface area contributed by atoms with Crippen molar-refractivity contribution in [3.05, 3.63) is 63.2 Å². The molecule has 12 nitrogen and oxygen atoms in total. The van der Waals surface area contributed by atoms with Crippen LogP contribution in [0.25, 0.3) is 0 Å². The van der Waals surface area contributed by atoms with Gasteiger partial charge < -0.3 is 19.1 Å². The van der Waals surface area contributed by atoms with Gasteiger partial charge in [0, 0.05) is 18.3 Å². The van der Waals surface area contributed by atoms with Crippen molar-refractivity contribution in [1.82, 2.24) is 14.6 Å². The van der Waals surface area contributed by atoms with Gasteiger partial charge in [-0.1, -0.05) is 6.07 Å². The maximum Gasteiger partial charge on any atom is 0.459 e. The zero-order valence-electron chi connectivity index (χ0n) is 19.6. The fourth-order valence-corrected chi connectivity index (χ4v) is 5.23. The Bertz CT molecular complexity index is 1260. The molecular formula is C20H25BClFN3O9P. The molecule has 0 aliphatic carbocycles. The highest BCUT2D eigenvalue weighted by molar-refractivity contribution is 7.52. The van der Waals surface area contributed by atoms with Crippen LogP contribution in [0.4, 0.5) is 4.39 Å². The van der Waals surface area contributed by atoms with Crippen LogP contribution in [0.3, 0.4) is 0 Å². The molecule has 3 rings (SSSR count). The molecule has 0 saturated carbocycles. The van der Waals surface area contributed by atoms with Crippen LogP contribution < -0.4 is 20.9 Å². The number of ether oxygens (including phenoxy) is 2. The highest BCUT2D eigenvalue weighted by Gasteiger charge is 2.53. The first-order valence-electron chi connectivity index (χ1n) is 10.8. The van der Waals surface area contributed by atoms with E-state index in [1.165, 1.54) is 26.9 Å². The Morgan fingerprint density at radius 3 is 2.81 bits per heavy atom. The predicted molar refractivity (Wildman–Crippen MR) is 128 cm³/mol. The summed E-state index contributed by atoms with van der Waals surface area (Å²) in [5, 5.41) is 13.2. The van der Waals surface area contributed by atoms with E-state index in [0.717, 1.165) is 29.0 Å². The summed E-state index contributed by atoms with van der Waals surface area (Å²) in [5.74, 6) is -1.57. The zero-order valence-corrected chi connectivity index (χ0v) is 21.2. The molecule has 0 bridgehead atoms. The van der Waals surface area contributed by atoms with Crippen molar-refractivity contribution in [1.29, 1.82) is 0 Å². The summed E-state index contributed by atoms with van der Waals surface area (Å²) in [4.78, 5) is 37.7. The van der Waals surface area contributed by atoms with Gasteiger partial charge in [0.2, 0.25) is 0 Å². The lowest BCUT2D eigenvalue weighted by Crippen LogP contribution is -2.45. The molecule has 196 valence electrons. The number of carbonyl (C=O) groups is 1. The number of carbonyl (C=O) groups excluding carboxylic acids is 1. The Labute approximate surface area is 210 Å². The van der Waals surface area contributed by atoms with Crippen LogP contribution in [0, 0.1) is 5.82 Å². The minimum absolute atomic E-state index is 0.0721. The standard InChI is InChI=1S/C20H25BClFN3O9P/c1-3-32-17(29)11(2)25-36(31,35-13-6-4-5-12(23)9-13)33-10-14-16(28)20(21,22)18(34-14)26-8-7-15(27)24-19(26)30/h4-9,11,14,16,18,28H,3,10,21H2,1-2H3,(H,25,31)(H,24,27,30)/t11-,14+,16+,18+,20-,36?/m0/s1. The van der Waals surface area contributed by atoms with Crippen LogP contribution in [0.2, 0.25) is 0 Å². The Morgan fingerprint density at radius 2 is 2.17 bits per heavy atom. The number of benzene rings is 1. The van der Waals surface area contributed by atoms with E-state index in [-0.39, 0.29) is 12.4 Å². The molecular weight excluding hydrogens is 522 g/mol. The fraction of sp³-hybridized carbons (Fsp3) is 0.450. The summed E-state index contributed by atoms with van der Waals surface area (Å²) in [7, 11) is -2.98. The summed E-state index contributed by atoms with van der Waals surface area (Å²) in [6, 6.07) is 4.68. The number of aliphatic hydroxyl groups excluding tert-OH is 1. The quantitative estimate of drug-likeness (QED) is 0.163. The number of aromatic amines is 1. The summed E-state index contributed by atoms with van der Waals surface area (Å²) < 4.78 is 48.1. The monoisotopic (exact) mass is 547 g/mol. The van der Waals surface area contributed by atoms with E-state index < -0.39 is 66.6 Å². The van der Waals surface area contributed by atoms with Crippen LogP contribution in [0.5, 0.6) is 5.75 Å². The third kappa shape index (κ3) is 6.44. The molecule has 0 spiro atoms. The second-order valence-corrected chi connectivity index (χ2v) is 10.6. The Morgan fingerprint density at radius 1 is 1.44 bits per heavy atom. The lowest BCUT2D eigenvalue weighted by atomic mass is 9.79. The first-order valence-corrected chi connectivity index (χ1v) is 12.8. The molecule has 1 fully saturated rings. The van der Waals surface area contributed by atoms with E-state index in [2.05, 4.69) is 10.1 Å². The molecule has 1 aliphatic rings. The summed E-state index contributed by atoms with van der Waals surface area (Å²) in [6.45, 7) is 2.45. The number of esters is 1. The van der Waals surface area contributed by atoms with Crippen molar-refractivity contribution < 1.29 is 37.4 Å². The van der Waals surface area contributed by atoms with Crippen molar-refractivity contribution >= 4 is 33.2 Å². The Hall–Kier alpha value is -2.48. The van der Waals surface area contributed by atoms with Gasteiger partial charge >= 0.3 is 19.4 Å². The number of hydrogen-bond donors (Lipinski definition) is 3. The van der Waals surface area contributed by atoms with Crippen molar-refractivity contribution in [2.75, 3.05) is 13.2 Å². The largest absolute Gasteiger partial charge is 0.465 e. The molecule has 1 aromatic heterocycles. The van der Waals surface area contributed by atoms with Crippen LogP contribution in [-0.2, 0) is 23.4 Å². The lowest BCUT2D eigenvalue weighted by molar-refractivity contribution is -0.144. The number of hydrogen-bond acceptors (Lipinski definition) is 9. The normalized spacial score (nSPS) is 26.2. The van der Waals surface area contributed by atoms with E-state index in [4.69, 9.17) is 30.1 Å². The summed E-state index contributed by atoms with van der Waals surface area (Å²) >= 11 is 6.48. The van der Waals surface area contributed by atoms with Gasteiger partial charge in [-0.2, -0.15) is 5.09 Å². The van der Waals surface area contributed by atoms with Crippen molar-refractivity contribution in [2.24, 2.45) is 0 Å². The molecule has 1 saturated heterocycles. The molecule has 1 aliphatic heterocycles. The van der Waals surface area contributed by atoms with Crippen LogP contribution >= 0.6 is 19.3 Å². The number of nitrogens with zero attached hydrogens (tertiary/aromatic N) is 1. The maximum atomic E-state index is 13.6. The number of aliphatic hydroxyl groups is 1. The number of halogens is 2. The summed E-state index contributed by atoms with van der Waals surface area (Å²) in [5.41, 5.74) is -1.46. The molecule has 2 heterocycles. The number of rotatable bonds is 10. The molecule has 16 heteroatoms. The van der Waals surface area contributed by atoms with Crippen LogP contribution in [0.15, 0.2) is 46.1 Å². The lowest BCUT2D eigenvalue weighted by Gasteiger charge is -2.26. The van der Waals surface area contributed by atoms with Crippen molar-refractivity contribution in [2.45, 2.75) is 43.1 Å². The number of nitrogens with one attached hydrogen (secondary N) is 2. The molecule has 2 aromatic rings. The minimum Gasteiger partial charge on any atom is -0.465 e. The number of aromatic nitrogens is 2. The van der Waals surface area contributed by atoms with Crippen LogP contribution in [-0.4, -0.2) is 64.7 Å². The molecule has 1 unspecified atom stereocenters. The van der Waals surface area contributed by atoms with E-state index in [9.17, 15) is 28.4 Å². The molecule has 0 amide bonds. The van der Waals surface area contributed by atoms with Crippen molar-refractivity contribution in [3.63, 3.8) is 0 Å². The molecule has 1 aromatic carbocycles. The summed E-state index contributed by atoms with van der Waals surface area (Å²) in [6.07, 6.45) is -2.74. The van der Waals surface area contributed by atoms with Crippen LogP contribution in [0.1, 0.15) is 20.1 Å². The van der Waals surface area contributed by atoms with Gasteiger partial charge in [-0.3, -0.25) is 23.7 Å². The van der Waals surface area contributed by atoms with Gasteiger partial charge in [0.1, 0.15) is 31.6 Å². The average Bonchev–Trinajstić information content (AvgIpc) is 3.01. The van der Waals surface area contributed by atoms with Gasteiger partial charge in [-0.15, -0.1) is 11.6 Å². The van der Waals surface area contributed by atoms with Crippen molar-refractivity contribution in [3.8, 4) is 5.75 Å². The van der Waals surface area contributed by atoms with Gasteiger partial charge in [-0.25, -0.2) is 13.8 Å². The van der Waals surface area contributed by atoms with Gasteiger partial charge in [-0.05, 0) is 26.0 Å². The van der Waals surface area contributed by atoms with Gasteiger partial charge in [0.05, 0.1) is 24.1 Å². The molecule has 0 radical (unpaired) electrons. The maximum absolute atomic E-state index is 13.6. The van der Waals surface area contributed by atoms with E-state index in [0.29, 0.717) is 0 Å². The third-order valence-electron chi connectivity index (χ3n) is 5.24. The zero-order chi connectivity index (χ0) is 26.7. The second-order valence-electron chi connectivity index (χ2n) is 8.09. The smallest absolute Gasteiger partial charge is 0.459 e. The highest BCUT2D eigenvalue weighted by Crippen LogP contribution is 2.47. The first kappa shape index (κ1) is 28.1. The predicted octanol–water partition coefficient (Wildman–Crippen LogP) is 0.247. The van der Waals surface area contributed by atoms with E-state index in [1.54, 1.807) is 6.92 Å². The number of alkyl halides is 1. The fourth-order valence-electron chi connectivity index (χ4n) is 3.44. The van der Waals surface area contributed by atoms with Gasteiger partial charge in [0.25, 0.3) is 5.56 Å². The highest BCUT2D eigenvalue weighted by atomic mass is 35.5. The Kier molecular flexibility index (Phi) is 8.81.